The monoisotopic (exact) mass is 268 g/mol. The molecule has 3 nitrogen and oxygen atoms in total. The fourth-order valence-electron chi connectivity index (χ4n) is 2.88. The van der Waals surface area contributed by atoms with Gasteiger partial charge in [-0.05, 0) is 37.6 Å². The van der Waals surface area contributed by atoms with Gasteiger partial charge >= 0.3 is 0 Å². The van der Waals surface area contributed by atoms with Gasteiger partial charge < -0.3 is 10.6 Å². The molecule has 112 valence electrons. The maximum absolute atomic E-state index is 12.2. The third-order valence-corrected chi connectivity index (χ3v) is 4.51. The molecule has 0 bridgehead atoms. The Morgan fingerprint density at radius 1 is 1.37 bits per heavy atom. The number of unbranched alkanes of at least 4 members (excludes halogenated alkanes) is 1. The van der Waals surface area contributed by atoms with Gasteiger partial charge in [-0.2, -0.15) is 0 Å². The van der Waals surface area contributed by atoms with Crippen molar-refractivity contribution in [3.63, 3.8) is 0 Å². The molecule has 0 aliphatic carbocycles. The maximum Gasteiger partial charge on any atom is 0.237 e. The molecule has 1 aliphatic rings. The lowest BCUT2D eigenvalue weighted by Gasteiger charge is -2.29. The first-order chi connectivity index (χ1) is 9.21. The van der Waals surface area contributed by atoms with E-state index in [-0.39, 0.29) is 11.9 Å². The van der Waals surface area contributed by atoms with Gasteiger partial charge in [-0.3, -0.25) is 4.79 Å². The van der Waals surface area contributed by atoms with Crippen LogP contribution in [0.15, 0.2) is 0 Å². The van der Waals surface area contributed by atoms with Crippen LogP contribution in [-0.2, 0) is 4.79 Å². The Kier molecular flexibility index (Phi) is 8.11. The number of amides is 1. The predicted molar refractivity (Wildman–Crippen MR) is 81.1 cm³/mol. The molecular weight excluding hydrogens is 236 g/mol. The standard InChI is InChI=1S/C16H32N2O/c1-4-7-8-14(6-3)12-18-16(19)15-11-13(5-2)9-10-17-15/h13-15,17H,4-12H2,1-3H3,(H,18,19). The quantitative estimate of drug-likeness (QED) is 0.710. The van der Waals surface area contributed by atoms with E-state index in [1.165, 1.54) is 32.1 Å². The van der Waals surface area contributed by atoms with E-state index in [0.29, 0.717) is 5.92 Å². The lowest BCUT2D eigenvalue weighted by atomic mass is 9.90. The largest absolute Gasteiger partial charge is 0.354 e. The number of carbonyl (C=O) groups is 1. The third kappa shape index (κ3) is 5.94. The summed E-state index contributed by atoms with van der Waals surface area (Å²) >= 11 is 0. The van der Waals surface area contributed by atoms with E-state index in [1.54, 1.807) is 0 Å². The van der Waals surface area contributed by atoms with Crippen molar-refractivity contribution in [3.05, 3.63) is 0 Å². The van der Waals surface area contributed by atoms with Crippen molar-refractivity contribution in [2.75, 3.05) is 13.1 Å². The Morgan fingerprint density at radius 3 is 2.79 bits per heavy atom. The Morgan fingerprint density at radius 2 is 2.16 bits per heavy atom. The fraction of sp³-hybridized carbons (Fsp3) is 0.938. The molecule has 2 N–H and O–H groups in total. The highest BCUT2D eigenvalue weighted by Gasteiger charge is 2.25. The maximum atomic E-state index is 12.2. The molecule has 3 heteroatoms. The summed E-state index contributed by atoms with van der Waals surface area (Å²) in [6.45, 7) is 8.51. The summed E-state index contributed by atoms with van der Waals surface area (Å²) in [5.74, 6) is 1.58. The predicted octanol–water partition coefficient (Wildman–Crippen LogP) is 3.10. The summed E-state index contributed by atoms with van der Waals surface area (Å²) in [6, 6.07) is 0.0439. The zero-order valence-electron chi connectivity index (χ0n) is 13.0. The average Bonchev–Trinajstić information content (AvgIpc) is 2.47. The van der Waals surface area contributed by atoms with Crippen molar-refractivity contribution >= 4 is 5.91 Å². The summed E-state index contributed by atoms with van der Waals surface area (Å²) < 4.78 is 0. The van der Waals surface area contributed by atoms with Crippen LogP contribution in [0.5, 0.6) is 0 Å². The molecule has 1 aliphatic heterocycles. The molecule has 1 heterocycles. The molecule has 1 rings (SSSR count). The van der Waals surface area contributed by atoms with Gasteiger partial charge in [0.15, 0.2) is 0 Å². The summed E-state index contributed by atoms with van der Waals surface area (Å²) in [5.41, 5.74) is 0. The smallest absolute Gasteiger partial charge is 0.237 e. The van der Waals surface area contributed by atoms with Gasteiger partial charge in [0.1, 0.15) is 0 Å². The Hall–Kier alpha value is -0.570. The molecule has 1 fully saturated rings. The Balaban J connectivity index is 2.29. The first kappa shape index (κ1) is 16.5. The zero-order chi connectivity index (χ0) is 14.1. The first-order valence-corrected chi connectivity index (χ1v) is 8.22. The van der Waals surface area contributed by atoms with Crippen LogP contribution < -0.4 is 10.6 Å². The topological polar surface area (TPSA) is 41.1 Å². The number of hydrogen-bond donors (Lipinski definition) is 2. The molecular formula is C16H32N2O. The van der Waals surface area contributed by atoms with Crippen molar-refractivity contribution in [3.8, 4) is 0 Å². The van der Waals surface area contributed by atoms with E-state index < -0.39 is 0 Å². The van der Waals surface area contributed by atoms with Crippen LogP contribution in [0, 0.1) is 11.8 Å². The van der Waals surface area contributed by atoms with E-state index in [9.17, 15) is 4.79 Å². The molecule has 19 heavy (non-hydrogen) atoms. The first-order valence-electron chi connectivity index (χ1n) is 8.22. The molecule has 0 saturated carbocycles. The molecule has 0 spiro atoms. The van der Waals surface area contributed by atoms with Crippen LogP contribution in [0.25, 0.3) is 0 Å². The van der Waals surface area contributed by atoms with Crippen molar-refractivity contribution in [1.82, 2.24) is 10.6 Å². The summed E-state index contributed by atoms with van der Waals surface area (Å²) in [5, 5.41) is 6.51. The summed E-state index contributed by atoms with van der Waals surface area (Å²) in [7, 11) is 0. The van der Waals surface area contributed by atoms with Crippen molar-refractivity contribution in [1.29, 1.82) is 0 Å². The number of piperidine rings is 1. The van der Waals surface area contributed by atoms with Gasteiger partial charge in [0.2, 0.25) is 5.91 Å². The molecule has 0 aromatic heterocycles. The molecule has 0 aromatic carbocycles. The van der Waals surface area contributed by atoms with Gasteiger partial charge in [-0.25, -0.2) is 0 Å². The zero-order valence-corrected chi connectivity index (χ0v) is 13.0. The molecule has 0 radical (unpaired) electrons. The second-order valence-electron chi connectivity index (χ2n) is 5.97. The number of hydrogen-bond acceptors (Lipinski definition) is 2. The lowest BCUT2D eigenvalue weighted by molar-refractivity contribution is -0.124. The van der Waals surface area contributed by atoms with E-state index in [1.807, 2.05) is 0 Å². The van der Waals surface area contributed by atoms with Gasteiger partial charge in [-0.1, -0.05) is 46.5 Å². The second kappa shape index (κ2) is 9.35. The lowest BCUT2D eigenvalue weighted by Crippen LogP contribution is -2.49. The highest BCUT2D eigenvalue weighted by Crippen LogP contribution is 2.19. The van der Waals surface area contributed by atoms with Gasteiger partial charge in [0, 0.05) is 6.54 Å². The molecule has 3 unspecified atom stereocenters. The van der Waals surface area contributed by atoms with Crippen LogP contribution in [-0.4, -0.2) is 25.0 Å². The highest BCUT2D eigenvalue weighted by atomic mass is 16.2. The van der Waals surface area contributed by atoms with Gasteiger partial charge in [0.25, 0.3) is 0 Å². The van der Waals surface area contributed by atoms with Gasteiger partial charge in [-0.15, -0.1) is 0 Å². The third-order valence-electron chi connectivity index (χ3n) is 4.51. The molecule has 3 atom stereocenters. The molecule has 1 amide bonds. The number of carbonyl (C=O) groups excluding carboxylic acids is 1. The van der Waals surface area contributed by atoms with E-state index in [0.717, 1.165) is 31.8 Å². The van der Waals surface area contributed by atoms with Gasteiger partial charge in [0.05, 0.1) is 6.04 Å². The fourth-order valence-corrected chi connectivity index (χ4v) is 2.88. The summed E-state index contributed by atoms with van der Waals surface area (Å²) in [4.78, 5) is 12.2. The highest BCUT2D eigenvalue weighted by molar-refractivity contribution is 5.81. The SMILES string of the molecule is CCCCC(CC)CNC(=O)C1CC(CC)CCN1. The number of nitrogens with one attached hydrogen (secondary N) is 2. The van der Waals surface area contributed by atoms with Crippen molar-refractivity contribution < 1.29 is 4.79 Å². The minimum absolute atomic E-state index is 0.0439. The normalized spacial score (nSPS) is 25.0. The molecule has 1 saturated heterocycles. The van der Waals surface area contributed by atoms with E-state index in [4.69, 9.17) is 0 Å². The van der Waals surface area contributed by atoms with Crippen LogP contribution in [0.2, 0.25) is 0 Å². The van der Waals surface area contributed by atoms with Crippen LogP contribution in [0.4, 0.5) is 0 Å². The van der Waals surface area contributed by atoms with Crippen LogP contribution in [0.3, 0.4) is 0 Å². The van der Waals surface area contributed by atoms with Crippen LogP contribution in [0.1, 0.15) is 65.7 Å². The number of rotatable bonds is 8. The Bertz CT molecular complexity index is 255. The van der Waals surface area contributed by atoms with E-state index >= 15 is 0 Å². The molecule has 0 aromatic rings. The van der Waals surface area contributed by atoms with E-state index in [2.05, 4.69) is 31.4 Å². The Labute approximate surface area is 118 Å². The van der Waals surface area contributed by atoms with Crippen molar-refractivity contribution in [2.45, 2.75) is 71.8 Å². The minimum Gasteiger partial charge on any atom is -0.354 e. The second-order valence-corrected chi connectivity index (χ2v) is 5.97. The van der Waals surface area contributed by atoms with Crippen LogP contribution >= 0.6 is 0 Å². The summed E-state index contributed by atoms with van der Waals surface area (Å²) in [6.07, 6.45) is 8.34. The van der Waals surface area contributed by atoms with Crippen molar-refractivity contribution in [2.24, 2.45) is 11.8 Å². The minimum atomic E-state index is 0.0439. The average molecular weight is 268 g/mol.